The Balaban J connectivity index is 1.76. The van der Waals surface area contributed by atoms with Crippen molar-refractivity contribution in [2.24, 2.45) is 10.3 Å². The van der Waals surface area contributed by atoms with Gasteiger partial charge in [0.05, 0.1) is 18.5 Å². The topological polar surface area (TPSA) is 83.3 Å². The normalized spacial score (nSPS) is 18.2. The number of nitrogens with one attached hydrogen (secondary N) is 1. The van der Waals surface area contributed by atoms with Gasteiger partial charge in [-0.15, -0.1) is 5.16 Å². The molecule has 34 heavy (non-hydrogen) atoms. The summed E-state index contributed by atoms with van der Waals surface area (Å²) in [5, 5.41) is 18.8. The van der Waals surface area contributed by atoms with Gasteiger partial charge in [-0.3, -0.25) is 4.79 Å². The van der Waals surface area contributed by atoms with E-state index in [0.717, 1.165) is 18.3 Å². The zero-order chi connectivity index (χ0) is 24.5. The van der Waals surface area contributed by atoms with Crippen molar-refractivity contribution in [2.75, 3.05) is 6.54 Å². The Kier molecular flexibility index (Phi) is 6.42. The predicted molar refractivity (Wildman–Crippen MR) is 123 cm³/mol. The fourth-order valence-electron chi connectivity index (χ4n) is 3.86. The summed E-state index contributed by atoms with van der Waals surface area (Å²) in [6.07, 6.45) is -4.33. The van der Waals surface area contributed by atoms with Gasteiger partial charge in [-0.05, 0) is 35.0 Å². The Labute approximate surface area is 201 Å². The van der Waals surface area contributed by atoms with E-state index in [1.54, 1.807) is 24.3 Å². The number of fused-ring (bicyclic) bond motifs is 1. The van der Waals surface area contributed by atoms with Crippen LogP contribution in [0.25, 0.3) is 10.8 Å². The van der Waals surface area contributed by atoms with Crippen LogP contribution in [0.3, 0.4) is 0 Å². The highest BCUT2D eigenvalue weighted by atomic mass is 35.5. The fraction of sp³-hybridized carbons (Fsp3) is 0.174. The maximum Gasteiger partial charge on any atom is 0.435 e. The van der Waals surface area contributed by atoms with Gasteiger partial charge in [0, 0.05) is 33.2 Å². The van der Waals surface area contributed by atoms with Crippen molar-refractivity contribution in [1.29, 1.82) is 0 Å². The summed E-state index contributed by atoms with van der Waals surface area (Å²) in [6, 6.07) is 13.4. The Bertz CT molecular complexity index is 1310. The van der Waals surface area contributed by atoms with E-state index >= 15 is 0 Å². The zero-order valence-electron chi connectivity index (χ0n) is 17.2. The number of rotatable bonds is 5. The second-order valence-electron chi connectivity index (χ2n) is 7.50. The van der Waals surface area contributed by atoms with Crippen molar-refractivity contribution < 1.29 is 28.0 Å². The van der Waals surface area contributed by atoms with Crippen LogP contribution in [0.5, 0.6) is 0 Å². The lowest BCUT2D eigenvalue weighted by molar-refractivity contribution is -0.275. The molecule has 0 fully saturated rings. The van der Waals surface area contributed by atoms with Gasteiger partial charge in [0.1, 0.15) is 0 Å². The molecular weight excluding hydrogens is 494 g/mol. The lowest BCUT2D eigenvalue weighted by atomic mass is 9.85. The highest BCUT2D eigenvalue weighted by molar-refractivity contribution is 6.34. The van der Waals surface area contributed by atoms with Gasteiger partial charge in [-0.1, -0.05) is 58.7 Å². The monoisotopic (exact) mass is 509 g/mol. The van der Waals surface area contributed by atoms with E-state index in [4.69, 9.17) is 33.2 Å². The Hall–Kier alpha value is -3.30. The predicted octanol–water partition coefficient (Wildman–Crippen LogP) is 5.92. The average Bonchev–Trinajstić information content (AvgIpc) is 3.25. The standard InChI is InChI=1S/C23H16Cl2F3N3O3/c24-14-9-13(10-15(25)11-14)22(23(26,27)28)12-20(31-34-22)18-5-6-19(21(32)29-7-8-30-33)17-4-2-1-3-16(17)18/h1-6,8-11,33H,7,12H2,(H,29,32). The minimum Gasteiger partial charge on any atom is -0.411 e. The van der Waals surface area contributed by atoms with Gasteiger partial charge in [-0.2, -0.15) is 13.2 Å². The molecule has 0 saturated heterocycles. The summed E-state index contributed by atoms with van der Waals surface area (Å²) in [6.45, 7) is 0.00224. The number of amides is 1. The van der Waals surface area contributed by atoms with Crippen LogP contribution in [0.4, 0.5) is 13.2 Å². The van der Waals surface area contributed by atoms with Crippen molar-refractivity contribution in [3.05, 3.63) is 81.3 Å². The van der Waals surface area contributed by atoms with Crippen LogP contribution >= 0.6 is 23.2 Å². The number of oxime groups is 2. The van der Waals surface area contributed by atoms with Gasteiger partial charge < -0.3 is 15.4 Å². The molecule has 176 valence electrons. The van der Waals surface area contributed by atoms with Crippen molar-refractivity contribution in [1.82, 2.24) is 5.32 Å². The molecule has 0 aromatic heterocycles. The molecule has 1 amide bonds. The highest BCUT2D eigenvalue weighted by Gasteiger charge is 2.62. The van der Waals surface area contributed by atoms with E-state index in [1.807, 2.05) is 0 Å². The summed E-state index contributed by atoms with van der Waals surface area (Å²) in [5.74, 6) is -0.439. The van der Waals surface area contributed by atoms with E-state index in [9.17, 15) is 18.0 Å². The lowest BCUT2D eigenvalue weighted by Gasteiger charge is -2.29. The molecule has 0 aliphatic carbocycles. The quantitative estimate of drug-likeness (QED) is 0.254. The van der Waals surface area contributed by atoms with E-state index < -0.39 is 24.1 Å². The van der Waals surface area contributed by atoms with Gasteiger partial charge >= 0.3 is 6.18 Å². The van der Waals surface area contributed by atoms with Gasteiger partial charge in [0.15, 0.2) is 0 Å². The first-order chi connectivity index (χ1) is 16.2. The summed E-state index contributed by atoms with van der Waals surface area (Å²) >= 11 is 11.9. The molecule has 4 rings (SSSR count). The SMILES string of the molecule is O=C(NCC=NO)c1ccc(C2=NOC(c3cc(Cl)cc(Cl)c3)(C(F)(F)F)C2)c2ccccc12. The summed E-state index contributed by atoms with van der Waals surface area (Å²) in [7, 11) is 0. The molecule has 0 saturated carbocycles. The molecule has 3 aromatic carbocycles. The van der Waals surface area contributed by atoms with E-state index in [-0.39, 0.29) is 27.9 Å². The van der Waals surface area contributed by atoms with E-state index in [1.165, 1.54) is 18.2 Å². The minimum absolute atomic E-state index is 0.00224. The first kappa shape index (κ1) is 23.8. The van der Waals surface area contributed by atoms with Gasteiger partial charge in [0.2, 0.25) is 0 Å². The molecule has 2 N–H and O–H groups in total. The number of halogens is 5. The number of hydrogen-bond donors (Lipinski definition) is 2. The van der Waals surface area contributed by atoms with E-state index in [0.29, 0.717) is 21.9 Å². The molecule has 1 aliphatic heterocycles. The van der Waals surface area contributed by atoms with Crippen molar-refractivity contribution in [3.8, 4) is 0 Å². The summed E-state index contributed by atoms with van der Waals surface area (Å²) < 4.78 is 43.0. The number of alkyl halides is 3. The molecule has 6 nitrogen and oxygen atoms in total. The van der Waals surface area contributed by atoms with Gasteiger partial charge in [0.25, 0.3) is 11.5 Å². The maximum absolute atomic E-state index is 14.3. The van der Waals surface area contributed by atoms with Crippen molar-refractivity contribution in [2.45, 2.75) is 18.2 Å². The van der Waals surface area contributed by atoms with Crippen LogP contribution in [-0.4, -0.2) is 35.8 Å². The van der Waals surface area contributed by atoms with Crippen molar-refractivity contribution in [3.63, 3.8) is 0 Å². The van der Waals surface area contributed by atoms with Crippen LogP contribution < -0.4 is 5.32 Å². The lowest BCUT2D eigenvalue weighted by Crippen LogP contribution is -2.42. The molecular formula is C23H16Cl2F3N3O3. The first-order valence-electron chi connectivity index (χ1n) is 9.91. The van der Waals surface area contributed by atoms with Crippen LogP contribution in [0, 0.1) is 0 Å². The average molecular weight is 510 g/mol. The molecule has 0 bridgehead atoms. The smallest absolute Gasteiger partial charge is 0.411 e. The Morgan fingerprint density at radius 3 is 2.47 bits per heavy atom. The second-order valence-corrected chi connectivity index (χ2v) is 8.38. The third kappa shape index (κ3) is 4.28. The molecule has 0 radical (unpaired) electrons. The maximum atomic E-state index is 14.3. The number of nitrogens with zero attached hydrogens (tertiary/aromatic N) is 2. The third-order valence-corrected chi connectivity index (χ3v) is 5.87. The third-order valence-electron chi connectivity index (χ3n) is 5.43. The molecule has 1 heterocycles. The fourth-order valence-corrected chi connectivity index (χ4v) is 4.38. The minimum atomic E-state index is -4.82. The van der Waals surface area contributed by atoms with Gasteiger partial charge in [-0.25, -0.2) is 0 Å². The largest absolute Gasteiger partial charge is 0.435 e. The molecule has 0 spiro atoms. The number of carbonyl (C=O) groups excluding carboxylic acids is 1. The molecule has 3 aromatic rings. The van der Waals surface area contributed by atoms with Crippen LogP contribution in [0.2, 0.25) is 10.0 Å². The summed E-state index contributed by atoms with van der Waals surface area (Å²) in [4.78, 5) is 17.7. The number of hydrogen-bond acceptors (Lipinski definition) is 5. The van der Waals surface area contributed by atoms with Crippen LogP contribution in [0.1, 0.15) is 27.9 Å². The molecule has 1 unspecified atom stereocenters. The Morgan fingerprint density at radius 1 is 1.15 bits per heavy atom. The summed E-state index contributed by atoms with van der Waals surface area (Å²) in [5.41, 5.74) is -2.28. The second kappa shape index (κ2) is 9.15. The van der Waals surface area contributed by atoms with Crippen LogP contribution in [0.15, 0.2) is 64.9 Å². The first-order valence-corrected chi connectivity index (χ1v) is 10.7. The van der Waals surface area contributed by atoms with Crippen LogP contribution in [-0.2, 0) is 10.4 Å². The molecule has 1 atom stereocenters. The van der Waals surface area contributed by atoms with Crippen molar-refractivity contribution >= 4 is 51.8 Å². The van der Waals surface area contributed by atoms with E-state index in [2.05, 4.69) is 15.6 Å². The zero-order valence-corrected chi connectivity index (χ0v) is 18.7. The number of carbonyl (C=O) groups is 1. The Morgan fingerprint density at radius 2 is 1.82 bits per heavy atom. The highest BCUT2D eigenvalue weighted by Crippen LogP contribution is 2.50. The number of benzene rings is 3. The molecule has 1 aliphatic rings. The molecule has 11 heteroatoms.